The maximum Gasteiger partial charge on any atom is 0.238 e. The lowest BCUT2D eigenvalue weighted by Gasteiger charge is -2.13. The largest absolute Gasteiger partial charge is 0.305 e. The predicted octanol–water partition coefficient (Wildman–Crippen LogP) is 1.64. The predicted molar refractivity (Wildman–Crippen MR) is 75.2 cm³/mol. The first-order valence-corrected chi connectivity index (χ1v) is 8.19. The molecule has 0 aliphatic heterocycles. The molecule has 0 bridgehead atoms. The average Bonchev–Trinajstić information content (AvgIpc) is 2.88. The van der Waals surface area contributed by atoms with Gasteiger partial charge in [0.15, 0.2) is 0 Å². The van der Waals surface area contributed by atoms with Crippen molar-refractivity contribution < 1.29 is 8.42 Å². The van der Waals surface area contributed by atoms with E-state index >= 15 is 0 Å². The van der Waals surface area contributed by atoms with Crippen LogP contribution >= 0.6 is 11.3 Å². The number of sulfonamides is 1. The Hall–Kier alpha value is -1.28. The number of aromatic nitrogens is 1. The molecule has 7 heteroatoms. The Bertz CT molecular complexity index is 622. The van der Waals surface area contributed by atoms with Crippen LogP contribution in [0.15, 0.2) is 40.1 Å². The standard InChI is InChI=1S/C12H15N3O2S2/c1-9(14-6-11-7-18-8-15-11)10-2-4-12(5-3-10)19(13,16)17/h2-5,7-9,14H,6H2,1H3,(H2,13,16,17). The molecule has 0 fully saturated rings. The Balaban J connectivity index is 2.01. The van der Waals surface area contributed by atoms with E-state index in [4.69, 9.17) is 5.14 Å². The molecule has 1 aromatic carbocycles. The summed E-state index contributed by atoms with van der Waals surface area (Å²) >= 11 is 1.56. The monoisotopic (exact) mass is 297 g/mol. The Kier molecular flexibility index (Phi) is 4.31. The van der Waals surface area contributed by atoms with E-state index in [1.165, 1.54) is 12.1 Å². The van der Waals surface area contributed by atoms with Gasteiger partial charge in [0.25, 0.3) is 0 Å². The zero-order valence-electron chi connectivity index (χ0n) is 10.4. The zero-order chi connectivity index (χ0) is 13.9. The van der Waals surface area contributed by atoms with Gasteiger partial charge in [-0.25, -0.2) is 18.5 Å². The molecule has 0 saturated heterocycles. The van der Waals surface area contributed by atoms with E-state index in [0.717, 1.165) is 11.3 Å². The molecule has 2 aromatic rings. The Morgan fingerprint density at radius 3 is 2.58 bits per heavy atom. The van der Waals surface area contributed by atoms with E-state index in [1.54, 1.807) is 29.0 Å². The second-order valence-electron chi connectivity index (χ2n) is 4.20. The number of rotatable bonds is 5. The van der Waals surface area contributed by atoms with Crippen LogP contribution in [0.1, 0.15) is 24.2 Å². The third-order valence-corrected chi connectivity index (χ3v) is 4.35. The summed E-state index contributed by atoms with van der Waals surface area (Å²) in [5, 5.41) is 10.4. The van der Waals surface area contributed by atoms with Crippen molar-refractivity contribution in [1.29, 1.82) is 0 Å². The van der Waals surface area contributed by atoms with Crippen molar-refractivity contribution in [3.63, 3.8) is 0 Å². The minimum atomic E-state index is -3.62. The highest BCUT2D eigenvalue weighted by atomic mass is 32.2. The highest BCUT2D eigenvalue weighted by Gasteiger charge is 2.09. The number of nitrogens with zero attached hydrogens (tertiary/aromatic N) is 1. The number of nitrogens with one attached hydrogen (secondary N) is 1. The van der Waals surface area contributed by atoms with Crippen LogP contribution in [0.5, 0.6) is 0 Å². The van der Waals surface area contributed by atoms with Gasteiger partial charge in [0.1, 0.15) is 0 Å². The maximum atomic E-state index is 11.2. The molecule has 1 heterocycles. The molecule has 0 amide bonds. The first kappa shape index (κ1) is 14.1. The summed E-state index contributed by atoms with van der Waals surface area (Å²) in [6.07, 6.45) is 0. The molecule has 19 heavy (non-hydrogen) atoms. The zero-order valence-corrected chi connectivity index (χ0v) is 12.0. The molecule has 1 unspecified atom stereocenters. The number of hydrogen-bond donors (Lipinski definition) is 2. The topological polar surface area (TPSA) is 85.1 Å². The molecule has 3 N–H and O–H groups in total. The minimum absolute atomic E-state index is 0.108. The minimum Gasteiger partial charge on any atom is -0.305 e. The summed E-state index contributed by atoms with van der Waals surface area (Å²) in [6, 6.07) is 6.67. The second kappa shape index (κ2) is 5.79. The molecule has 0 saturated carbocycles. The van der Waals surface area contributed by atoms with Gasteiger partial charge in [-0.3, -0.25) is 0 Å². The van der Waals surface area contributed by atoms with E-state index in [0.29, 0.717) is 6.54 Å². The smallest absolute Gasteiger partial charge is 0.238 e. The van der Waals surface area contributed by atoms with Crippen molar-refractivity contribution in [1.82, 2.24) is 10.3 Å². The Morgan fingerprint density at radius 2 is 2.05 bits per heavy atom. The lowest BCUT2D eigenvalue weighted by atomic mass is 10.1. The number of thiazole rings is 1. The van der Waals surface area contributed by atoms with Crippen molar-refractivity contribution in [2.45, 2.75) is 24.4 Å². The normalized spacial score (nSPS) is 13.4. The number of benzene rings is 1. The van der Waals surface area contributed by atoms with Crippen LogP contribution < -0.4 is 10.5 Å². The molecule has 0 spiro atoms. The van der Waals surface area contributed by atoms with Crippen LogP contribution in [0.2, 0.25) is 0 Å². The van der Waals surface area contributed by atoms with E-state index in [1.807, 2.05) is 12.3 Å². The third kappa shape index (κ3) is 3.84. The van der Waals surface area contributed by atoms with Gasteiger partial charge in [0.2, 0.25) is 10.0 Å². The quantitative estimate of drug-likeness (QED) is 0.878. The fourth-order valence-corrected chi connectivity index (χ4v) is 2.72. The van der Waals surface area contributed by atoms with E-state index in [2.05, 4.69) is 10.3 Å². The molecule has 2 rings (SSSR count). The van der Waals surface area contributed by atoms with Crippen molar-refractivity contribution in [2.24, 2.45) is 5.14 Å². The molecule has 1 atom stereocenters. The van der Waals surface area contributed by atoms with Gasteiger partial charge in [-0.15, -0.1) is 11.3 Å². The molecule has 0 aliphatic carbocycles. The van der Waals surface area contributed by atoms with Crippen molar-refractivity contribution in [3.05, 3.63) is 46.4 Å². The first-order chi connectivity index (χ1) is 8.97. The van der Waals surface area contributed by atoms with Gasteiger partial charge >= 0.3 is 0 Å². The fraction of sp³-hybridized carbons (Fsp3) is 0.250. The number of primary sulfonamides is 1. The van der Waals surface area contributed by atoms with E-state index in [-0.39, 0.29) is 10.9 Å². The lowest BCUT2D eigenvalue weighted by molar-refractivity contribution is 0.568. The number of hydrogen-bond acceptors (Lipinski definition) is 5. The average molecular weight is 297 g/mol. The molecule has 1 aromatic heterocycles. The van der Waals surface area contributed by atoms with Gasteiger partial charge in [-0.2, -0.15) is 0 Å². The van der Waals surface area contributed by atoms with Crippen molar-refractivity contribution in [3.8, 4) is 0 Å². The molecule has 5 nitrogen and oxygen atoms in total. The van der Waals surface area contributed by atoms with Crippen LogP contribution in [0.3, 0.4) is 0 Å². The summed E-state index contributed by atoms with van der Waals surface area (Å²) in [5.41, 5.74) is 3.79. The Labute approximate surface area is 116 Å². The summed E-state index contributed by atoms with van der Waals surface area (Å²) in [6.45, 7) is 2.69. The van der Waals surface area contributed by atoms with E-state index < -0.39 is 10.0 Å². The van der Waals surface area contributed by atoms with Crippen molar-refractivity contribution in [2.75, 3.05) is 0 Å². The second-order valence-corrected chi connectivity index (χ2v) is 6.48. The highest BCUT2D eigenvalue weighted by molar-refractivity contribution is 7.89. The van der Waals surface area contributed by atoms with E-state index in [9.17, 15) is 8.42 Å². The van der Waals surface area contributed by atoms with Crippen LogP contribution in [0.4, 0.5) is 0 Å². The molecule has 102 valence electrons. The lowest BCUT2D eigenvalue weighted by Crippen LogP contribution is -2.18. The van der Waals surface area contributed by atoms with Gasteiger partial charge in [0.05, 0.1) is 16.1 Å². The highest BCUT2D eigenvalue weighted by Crippen LogP contribution is 2.16. The fourth-order valence-electron chi connectivity index (χ4n) is 1.65. The van der Waals surface area contributed by atoms with Crippen molar-refractivity contribution >= 4 is 21.4 Å². The summed E-state index contributed by atoms with van der Waals surface area (Å²) in [7, 11) is -3.62. The molecule has 0 aliphatic rings. The summed E-state index contributed by atoms with van der Waals surface area (Å²) in [5.74, 6) is 0. The summed E-state index contributed by atoms with van der Waals surface area (Å²) in [4.78, 5) is 4.32. The summed E-state index contributed by atoms with van der Waals surface area (Å²) < 4.78 is 22.3. The molecular formula is C12H15N3O2S2. The maximum absolute atomic E-state index is 11.2. The molecular weight excluding hydrogens is 282 g/mol. The van der Waals surface area contributed by atoms with Crippen LogP contribution in [0.25, 0.3) is 0 Å². The molecule has 0 radical (unpaired) electrons. The van der Waals surface area contributed by atoms with Crippen LogP contribution in [0, 0.1) is 0 Å². The third-order valence-electron chi connectivity index (χ3n) is 2.78. The van der Waals surface area contributed by atoms with Gasteiger partial charge < -0.3 is 5.32 Å². The number of nitrogens with two attached hydrogens (primary N) is 1. The van der Waals surface area contributed by atoms with Crippen LogP contribution in [-0.4, -0.2) is 13.4 Å². The van der Waals surface area contributed by atoms with Gasteiger partial charge in [0, 0.05) is 18.0 Å². The Morgan fingerprint density at radius 1 is 1.37 bits per heavy atom. The first-order valence-electron chi connectivity index (χ1n) is 5.70. The van der Waals surface area contributed by atoms with Gasteiger partial charge in [-0.1, -0.05) is 12.1 Å². The SMILES string of the molecule is CC(NCc1cscn1)c1ccc(S(N)(=O)=O)cc1. The van der Waals surface area contributed by atoms with Crippen LogP contribution in [-0.2, 0) is 16.6 Å². The van der Waals surface area contributed by atoms with Gasteiger partial charge in [-0.05, 0) is 24.6 Å².